The third-order valence-corrected chi connectivity index (χ3v) is 3.80. The van der Waals surface area contributed by atoms with Crippen molar-refractivity contribution >= 4 is 11.9 Å². The largest absolute Gasteiger partial charge is 0.465 e. The lowest BCUT2D eigenvalue weighted by molar-refractivity contribution is -0.151. The molecule has 1 saturated heterocycles. The van der Waals surface area contributed by atoms with Gasteiger partial charge in [0, 0.05) is 12.6 Å². The van der Waals surface area contributed by atoms with Gasteiger partial charge in [-0.05, 0) is 32.6 Å². The Kier molecular flexibility index (Phi) is 4.80. The van der Waals surface area contributed by atoms with Crippen LogP contribution in [-0.2, 0) is 19.1 Å². The lowest BCUT2D eigenvalue weighted by atomic mass is 9.98. The summed E-state index contributed by atoms with van der Waals surface area (Å²) in [6.45, 7) is 4.90. The second kappa shape index (κ2) is 6.37. The Morgan fingerprint density at radius 2 is 2.00 bits per heavy atom. The van der Waals surface area contributed by atoms with E-state index in [0.29, 0.717) is 13.2 Å². The third kappa shape index (κ3) is 3.47. The Morgan fingerprint density at radius 3 is 2.58 bits per heavy atom. The Hall–Kier alpha value is -1.10. The van der Waals surface area contributed by atoms with Crippen molar-refractivity contribution in [2.45, 2.75) is 51.7 Å². The van der Waals surface area contributed by atoms with Crippen LogP contribution in [0.1, 0.15) is 39.5 Å². The fourth-order valence-electron chi connectivity index (χ4n) is 2.67. The summed E-state index contributed by atoms with van der Waals surface area (Å²) in [5.41, 5.74) is 0. The Labute approximate surface area is 114 Å². The third-order valence-electron chi connectivity index (χ3n) is 3.80. The van der Waals surface area contributed by atoms with Crippen molar-refractivity contribution in [3.63, 3.8) is 0 Å². The van der Waals surface area contributed by atoms with Crippen LogP contribution in [0.3, 0.4) is 0 Å². The van der Waals surface area contributed by atoms with E-state index >= 15 is 0 Å². The first-order valence-electron chi connectivity index (χ1n) is 7.25. The molecule has 2 rings (SSSR count). The summed E-state index contributed by atoms with van der Waals surface area (Å²) in [5.74, 6) is -0.324. The van der Waals surface area contributed by atoms with Crippen LogP contribution in [0.25, 0.3) is 0 Å². The topological polar surface area (TPSA) is 55.8 Å². The van der Waals surface area contributed by atoms with Crippen molar-refractivity contribution in [1.29, 1.82) is 0 Å². The van der Waals surface area contributed by atoms with Crippen molar-refractivity contribution in [3.05, 3.63) is 0 Å². The number of carbonyl (C=O) groups excluding carboxylic acids is 2. The van der Waals surface area contributed by atoms with Crippen LogP contribution in [0.4, 0.5) is 0 Å². The van der Waals surface area contributed by atoms with Gasteiger partial charge in [0.1, 0.15) is 6.54 Å². The highest BCUT2D eigenvalue weighted by molar-refractivity contribution is 5.84. The van der Waals surface area contributed by atoms with Crippen LogP contribution < -0.4 is 0 Å². The molecule has 1 heterocycles. The van der Waals surface area contributed by atoms with E-state index in [1.165, 1.54) is 0 Å². The molecule has 2 atom stereocenters. The molecule has 0 radical (unpaired) electrons. The fourth-order valence-corrected chi connectivity index (χ4v) is 2.67. The molecule has 0 N–H and O–H groups in total. The van der Waals surface area contributed by atoms with Crippen molar-refractivity contribution in [2.75, 3.05) is 19.8 Å². The molecule has 5 nitrogen and oxygen atoms in total. The summed E-state index contributed by atoms with van der Waals surface area (Å²) in [6.07, 6.45) is 3.61. The number of ether oxygens (including phenoxy) is 2. The average molecular weight is 269 g/mol. The molecule has 0 spiro atoms. The molecule has 2 aliphatic rings. The van der Waals surface area contributed by atoms with Gasteiger partial charge in [0.25, 0.3) is 0 Å². The molecule has 1 amide bonds. The highest BCUT2D eigenvalue weighted by Crippen LogP contribution is 2.32. The van der Waals surface area contributed by atoms with Crippen molar-refractivity contribution in [1.82, 2.24) is 4.90 Å². The predicted molar refractivity (Wildman–Crippen MR) is 69.5 cm³/mol. The van der Waals surface area contributed by atoms with Gasteiger partial charge >= 0.3 is 5.97 Å². The van der Waals surface area contributed by atoms with Crippen molar-refractivity contribution < 1.29 is 19.1 Å². The molecular formula is C14H23NO4. The van der Waals surface area contributed by atoms with E-state index in [9.17, 15) is 9.59 Å². The first kappa shape index (κ1) is 14.3. The number of nitrogens with zero attached hydrogens (tertiary/aromatic N) is 1. The molecule has 1 saturated carbocycles. The van der Waals surface area contributed by atoms with Gasteiger partial charge in [-0.1, -0.05) is 6.92 Å². The minimum Gasteiger partial charge on any atom is -0.465 e. The van der Waals surface area contributed by atoms with Crippen LogP contribution >= 0.6 is 0 Å². The van der Waals surface area contributed by atoms with Gasteiger partial charge in [0.05, 0.1) is 18.6 Å². The molecule has 19 heavy (non-hydrogen) atoms. The second-order valence-corrected chi connectivity index (χ2v) is 5.21. The van der Waals surface area contributed by atoms with E-state index in [2.05, 4.69) is 0 Å². The van der Waals surface area contributed by atoms with Gasteiger partial charge < -0.3 is 14.4 Å². The summed E-state index contributed by atoms with van der Waals surface area (Å²) in [6, 6.07) is 0.231. The van der Waals surface area contributed by atoms with Crippen LogP contribution in [0.2, 0.25) is 0 Å². The zero-order valence-electron chi connectivity index (χ0n) is 11.8. The Bertz CT molecular complexity index is 340. The maximum Gasteiger partial charge on any atom is 0.325 e. The quantitative estimate of drug-likeness (QED) is 0.683. The van der Waals surface area contributed by atoms with Gasteiger partial charge in [-0.2, -0.15) is 0 Å². The lowest BCUT2D eigenvalue weighted by Crippen LogP contribution is -2.43. The molecule has 0 aromatic heterocycles. The minimum absolute atomic E-state index is 0.0101. The lowest BCUT2D eigenvalue weighted by Gasteiger charge is -2.26. The average Bonchev–Trinajstić information content (AvgIpc) is 3.12. The standard InChI is InChI=1S/C14H23NO4/c1-3-12-11(7-8-19-12)14(17)15(10-5-6-10)9-13(16)18-4-2/h10-12H,3-9H2,1-2H3. The number of rotatable bonds is 6. The second-order valence-electron chi connectivity index (χ2n) is 5.21. The van der Waals surface area contributed by atoms with E-state index in [1.807, 2.05) is 6.92 Å². The van der Waals surface area contributed by atoms with Crippen LogP contribution in [-0.4, -0.2) is 48.7 Å². The van der Waals surface area contributed by atoms with Crippen molar-refractivity contribution in [3.8, 4) is 0 Å². The summed E-state index contributed by atoms with van der Waals surface area (Å²) in [4.78, 5) is 25.9. The van der Waals surface area contributed by atoms with Gasteiger partial charge in [0.15, 0.2) is 0 Å². The number of amides is 1. The van der Waals surface area contributed by atoms with Gasteiger partial charge in [-0.15, -0.1) is 0 Å². The SMILES string of the molecule is CCOC(=O)CN(C(=O)C1CCOC1CC)C1CC1. The normalized spacial score (nSPS) is 26.2. The summed E-state index contributed by atoms with van der Waals surface area (Å²) in [7, 11) is 0. The summed E-state index contributed by atoms with van der Waals surface area (Å²) < 4.78 is 10.5. The first-order valence-corrected chi connectivity index (χ1v) is 7.25. The summed E-state index contributed by atoms with van der Waals surface area (Å²) >= 11 is 0. The monoisotopic (exact) mass is 269 g/mol. The predicted octanol–water partition coefficient (Wildman–Crippen LogP) is 1.36. The van der Waals surface area contributed by atoms with Gasteiger partial charge in [-0.3, -0.25) is 9.59 Å². The van der Waals surface area contributed by atoms with E-state index in [-0.39, 0.29) is 36.5 Å². The molecule has 2 fully saturated rings. The number of hydrogen-bond donors (Lipinski definition) is 0. The van der Waals surface area contributed by atoms with E-state index < -0.39 is 0 Å². The summed E-state index contributed by atoms with van der Waals surface area (Å²) in [5, 5.41) is 0. The molecule has 0 aromatic carbocycles. The zero-order valence-corrected chi connectivity index (χ0v) is 11.8. The first-order chi connectivity index (χ1) is 9.17. The number of carbonyl (C=O) groups is 2. The highest BCUT2D eigenvalue weighted by atomic mass is 16.5. The van der Waals surface area contributed by atoms with E-state index in [0.717, 1.165) is 25.7 Å². The molecule has 1 aliphatic carbocycles. The van der Waals surface area contributed by atoms with Gasteiger partial charge in [-0.25, -0.2) is 0 Å². The molecule has 0 aromatic rings. The fraction of sp³-hybridized carbons (Fsp3) is 0.857. The van der Waals surface area contributed by atoms with Crippen LogP contribution in [0, 0.1) is 5.92 Å². The molecule has 1 aliphatic heterocycles. The van der Waals surface area contributed by atoms with Gasteiger partial charge in [0.2, 0.25) is 5.91 Å². The molecule has 0 bridgehead atoms. The molecular weight excluding hydrogens is 246 g/mol. The smallest absolute Gasteiger partial charge is 0.325 e. The maximum absolute atomic E-state index is 12.6. The van der Waals surface area contributed by atoms with E-state index in [1.54, 1.807) is 11.8 Å². The van der Waals surface area contributed by atoms with Crippen LogP contribution in [0.5, 0.6) is 0 Å². The van der Waals surface area contributed by atoms with E-state index in [4.69, 9.17) is 9.47 Å². The maximum atomic E-state index is 12.6. The zero-order chi connectivity index (χ0) is 13.8. The molecule has 5 heteroatoms. The Morgan fingerprint density at radius 1 is 1.26 bits per heavy atom. The minimum atomic E-state index is -0.310. The number of esters is 1. The highest BCUT2D eigenvalue weighted by Gasteiger charge is 2.41. The molecule has 2 unspecified atom stereocenters. The van der Waals surface area contributed by atoms with Crippen molar-refractivity contribution in [2.24, 2.45) is 5.92 Å². The number of hydrogen-bond acceptors (Lipinski definition) is 4. The Balaban J connectivity index is 1.98. The molecule has 108 valence electrons. The van der Waals surface area contributed by atoms with Crippen LogP contribution in [0.15, 0.2) is 0 Å².